The SMILES string of the molecule is CCC(C)(C)C(=O)OC.CCC(C)(C)C(=O)OC.CCC(C)(C)C(=O)Oc1ccc(Sc2ccc(C(=O)/C(C)=N/OC(=O)CCC(=O)OCC(F)(F)OC(F)(F)COCC(F)(F)F)cc2)cc1.CCC(C)c1ccccc1. The summed E-state index contributed by atoms with van der Waals surface area (Å²) in [5.74, 6) is -2.71. The number of rotatable bonds is 24. The van der Waals surface area contributed by atoms with Crippen LogP contribution in [-0.2, 0) is 52.5 Å². The zero-order valence-electron chi connectivity index (χ0n) is 46.3. The molecule has 3 aromatic rings. The summed E-state index contributed by atoms with van der Waals surface area (Å²) in [5, 5.41) is 3.40. The van der Waals surface area contributed by atoms with Gasteiger partial charge in [0.1, 0.15) is 24.7 Å². The molecule has 0 aliphatic rings. The summed E-state index contributed by atoms with van der Waals surface area (Å²) in [4.78, 5) is 76.3. The lowest BCUT2D eigenvalue weighted by Crippen LogP contribution is -2.40. The summed E-state index contributed by atoms with van der Waals surface area (Å²) < 4.78 is 115. The number of oxime groups is 1. The largest absolute Gasteiger partial charge is 0.469 e. The number of ketones is 1. The van der Waals surface area contributed by atoms with Gasteiger partial charge in [-0.3, -0.25) is 28.7 Å². The van der Waals surface area contributed by atoms with E-state index in [-0.39, 0.29) is 40.0 Å². The number of hydrogen-bond donors (Lipinski definition) is 0. The predicted molar refractivity (Wildman–Crippen MR) is 276 cm³/mol. The summed E-state index contributed by atoms with van der Waals surface area (Å²) >= 11 is 1.38. The number of esters is 4. The van der Waals surface area contributed by atoms with Crippen molar-refractivity contribution in [1.82, 2.24) is 0 Å². The first-order valence-corrected chi connectivity index (χ1v) is 25.2. The van der Waals surface area contributed by atoms with Gasteiger partial charge in [0.2, 0.25) is 5.78 Å². The van der Waals surface area contributed by atoms with Gasteiger partial charge in [-0.25, -0.2) is 4.79 Å². The van der Waals surface area contributed by atoms with E-state index >= 15 is 0 Å². The fourth-order valence-electron chi connectivity index (χ4n) is 5.05. The molecule has 0 saturated heterocycles. The number of nitrogens with zero attached hydrogens (tertiary/aromatic N) is 1. The van der Waals surface area contributed by atoms with Crippen molar-refractivity contribution >= 4 is 53.1 Å². The van der Waals surface area contributed by atoms with E-state index in [0.717, 1.165) is 22.6 Å². The van der Waals surface area contributed by atoms with E-state index in [2.05, 4.69) is 77.9 Å². The zero-order chi connectivity index (χ0) is 59.4. The van der Waals surface area contributed by atoms with Crippen LogP contribution in [-0.4, -0.2) is 93.8 Å². The average Bonchev–Trinajstić information content (AvgIpc) is 3.38. The highest BCUT2D eigenvalue weighted by Crippen LogP contribution is 2.32. The first-order chi connectivity index (χ1) is 35.5. The van der Waals surface area contributed by atoms with Crippen LogP contribution in [0.1, 0.15) is 143 Å². The molecule has 0 aliphatic heterocycles. The van der Waals surface area contributed by atoms with Crippen molar-refractivity contribution in [2.45, 2.75) is 156 Å². The zero-order valence-corrected chi connectivity index (χ0v) is 47.1. The minimum atomic E-state index is -4.98. The Morgan fingerprint density at radius 3 is 1.45 bits per heavy atom. The molecule has 0 N–H and O–H groups in total. The van der Waals surface area contributed by atoms with Crippen LogP contribution in [0.25, 0.3) is 0 Å². The Morgan fingerprint density at radius 1 is 0.584 bits per heavy atom. The Balaban J connectivity index is 0.00000165. The molecule has 3 rings (SSSR count). The highest BCUT2D eigenvalue weighted by atomic mass is 32.2. The van der Waals surface area contributed by atoms with E-state index in [9.17, 15) is 59.5 Å². The highest BCUT2D eigenvalue weighted by molar-refractivity contribution is 7.99. The van der Waals surface area contributed by atoms with Crippen molar-refractivity contribution in [1.29, 1.82) is 0 Å². The van der Waals surface area contributed by atoms with Gasteiger partial charge in [0.25, 0.3) is 0 Å². The second kappa shape index (κ2) is 33.4. The van der Waals surface area contributed by atoms with Crippen molar-refractivity contribution in [3.63, 3.8) is 0 Å². The molecule has 22 heteroatoms. The van der Waals surface area contributed by atoms with E-state index in [1.54, 1.807) is 50.2 Å². The lowest BCUT2D eigenvalue weighted by molar-refractivity contribution is -0.393. The molecule has 1 atom stereocenters. The fraction of sp³-hybridized carbons (Fsp3) is 0.545. The third-order valence-corrected chi connectivity index (χ3v) is 12.4. The van der Waals surface area contributed by atoms with Crippen LogP contribution in [0, 0.1) is 16.2 Å². The molecule has 1 unspecified atom stereocenters. The van der Waals surface area contributed by atoms with E-state index in [4.69, 9.17) is 4.74 Å². The van der Waals surface area contributed by atoms with Gasteiger partial charge in [-0.05, 0) is 134 Å². The van der Waals surface area contributed by atoms with Crippen LogP contribution in [0.15, 0.2) is 93.8 Å². The molecule has 0 fully saturated rings. The molecule has 0 saturated carbocycles. The maximum absolute atomic E-state index is 13.6. The Kier molecular flexibility index (Phi) is 30.9. The lowest BCUT2D eigenvalue weighted by atomic mass is 9.91. The van der Waals surface area contributed by atoms with Gasteiger partial charge in [0, 0.05) is 15.4 Å². The number of ether oxygens (including phenoxy) is 6. The van der Waals surface area contributed by atoms with Crippen molar-refractivity contribution in [3.05, 3.63) is 90.0 Å². The minimum Gasteiger partial charge on any atom is -0.469 e. The quantitative estimate of drug-likeness (QED) is 0.0121. The lowest BCUT2D eigenvalue weighted by Gasteiger charge is -2.23. The molecule has 0 heterocycles. The maximum atomic E-state index is 13.6. The normalized spacial score (nSPS) is 12.4. The first kappa shape index (κ1) is 71.1. The molecule has 77 heavy (non-hydrogen) atoms. The molecule has 14 nitrogen and oxygen atoms in total. The van der Waals surface area contributed by atoms with E-state index < -0.39 is 74.2 Å². The van der Waals surface area contributed by atoms with Gasteiger partial charge in [-0.15, -0.1) is 0 Å². The molecule has 0 aliphatic carbocycles. The number of hydrogen-bond acceptors (Lipinski definition) is 15. The number of alkyl halides is 7. The number of Topliss-reactive ketones (excluding diaryl/α,β-unsaturated/α-hetero) is 1. The van der Waals surface area contributed by atoms with Crippen LogP contribution in [0.4, 0.5) is 30.7 Å². The second-order valence-corrected chi connectivity index (χ2v) is 20.2. The van der Waals surface area contributed by atoms with Crippen molar-refractivity contribution in [2.75, 3.05) is 34.0 Å². The highest BCUT2D eigenvalue weighted by Gasteiger charge is 2.46. The molecule has 432 valence electrons. The van der Waals surface area contributed by atoms with Crippen LogP contribution < -0.4 is 4.74 Å². The molecule has 0 aromatic heterocycles. The van der Waals surface area contributed by atoms with Gasteiger partial charge in [-0.2, -0.15) is 30.7 Å². The number of carbonyl (C=O) groups is 6. The third kappa shape index (κ3) is 29.5. The van der Waals surface area contributed by atoms with Crippen LogP contribution in [0.3, 0.4) is 0 Å². The predicted octanol–water partition coefficient (Wildman–Crippen LogP) is 13.8. The monoisotopic (exact) mass is 1120 g/mol. The summed E-state index contributed by atoms with van der Waals surface area (Å²) in [6, 6.07) is 23.9. The van der Waals surface area contributed by atoms with Gasteiger partial charge in [0.05, 0.1) is 43.3 Å². The van der Waals surface area contributed by atoms with Crippen molar-refractivity contribution in [3.8, 4) is 5.75 Å². The first-order valence-electron chi connectivity index (χ1n) is 24.4. The molecular formula is C55H74F7NO13S. The number of benzene rings is 3. The molecule has 0 spiro atoms. The molecule has 0 radical (unpaired) electrons. The van der Waals surface area contributed by atoms with E-state index in [0.29, 0.717) is 18.1 Å². The van der Waals surface area contributed by atoms with Crippen LogP contribution in [0.5, 0.6) is 5.75 Å². The Morgan fingerprint density at radius 2 is 1.03 bits per heavy atom. The number of halogens is 7. The van der Waals surface area contributed by atoms with E-state index in [1.165, 1.54) is 57.0 Å². The Bertz CT molecular complexity index is 2300. The average molecular weight is 1120 g/mol. The van der Waals surface area contributed by atoms with Gasteiger partial charge >= 0.3 is 48.2 Å². The number of carbonyl (C=O) groups excluding carboxylic acids is 6. The second-order valence-electron chi connectivity index (χ2n) is 19.0. The smallest absolute Gasteiger partial charge is 0.411 e. The summed E-state index contributed by atoms with van der Waals surface area (Å²) in [6.07, 6.45) is -12.8. The van der Waals surface area contributed by atoms with Crippen LogP contribution >= 0.6 is 11.8 Å². The summed E-state index contributed by atoms with van der Waals surface area (Å²) in [7, 11) is 2.83. The topological polar surface area (TPSA) is 179 Å². The minimum absolute atomic E-state index is 0.134. The molecule has 0 amide bonds. The number of methoxy groups -OCH3 is 2. The van der Waals surface area contributed by atoms with Crippen molar-refractivity contribution in [2.24, 2.45) is 21.4 Å². The Hall–Kier alpha value is -5.87. The Labute approximate surface area is 451 Å². The van der Waals surface area contributed by atoms with Crippen LogP contribution in [0.2, 0.25) is 0 Å². The molecule has 3 aromatic carbocycles. The third-order valence-electron chi connectivity index (χ3n) is 11.4. The van der Waals surface area contributed by atoms with Gasteiger partial charge < -0.3 is 28.5 Å². The van der Waals surface area contributed by atoms with Gasteiger partial charge in [0.15, 0.2) is 6.61 Å². The van der Waals surface area contributed by atoms with E-state index in [1.807, 2.05) is 48.5 Å². The van der Waals surface area contributed by atoms with Gasteiger partial charge in [-0.1, -0.05) is 81.9 Å². The van der Waals surface area contributed by atoms with Crippen molar-refractivity contribution < 1.29 is 92.8 Å². The molecule has 0 bridgehead atoms. The summed E-state index contributed by atoms with van der Waals surface area (Å²) in [5.41, 5.74) is 0.170. The summed E-state index contributed by atoms with van der Waals surface area (Å²) in [6.45, 7) is 16.3. The standard InChI is InChI=1S/C31H32F7NO9S.C10H14.2C7H14O2/c1-5-28(3,4)27(43)46-21-8-12-23(13-9-21)49-22-10-6-20(7-11-22)26(42)19(2)39-47-25(41)15-14-24(40)45-18-31(37,38)48-30(35,36)17-44-16-29(32,33)34;1-3-9(2)10-7-5-4-6-8-10;2*1-5-7(2,3)6(8)9-4/h6-13H,5,14-18H2,1-4H3;4-9H,3H2,1-2H3;2*5H2,1-4H3/b39-19+;;;. The maximum Gasteiger partial charge on any atom is 0.411 e. The molecular weight excluding hydrogens is 1050 g/mol. The fourth-order valence-corrected chi connectivity index (χ4v) is 5.87.